The van der Waals surface area contributed by atoms with Crippen LogP contribution in [0.1, 0.15) is 36.6 Å². The van der Waals surface area contributed by atoms with Gasteiger partial charge in [0.1, 0.15) is 5.76 Å². The maximum absolute atomic E-state index is 11.6. The van der Waals surface area contributed by atoms with Crippen LogP contribution in [0.15, 0.2) is 16.5 Å². The van der Waals surface area contributed by atoms with E-state index in [2.05, 4.69) is 5.32 Å². The quantitative estimate of drug-likeness (QED) is 0.841. The van der Waals surface area contributed by atoms with Crippen molar-refractivity contribution < 1.29 is 9.21 Å². The van der Waals surface area contributed by atoms with Crippen LogP contribution in [0, 0.1) is 0 Å². The lowest BCUT2D eigenvalue weighted by Crippen LogP contribution is -2.31. The third kappa shape index (κ3) is 3.63. The lowest BCUT2D eigenvalue weighted by atomic mass is 10.2. The van der Waals surface area contributed by atoms with Crippen LogP contribution in [0.2, 0.25) is 0 Å². The number of carbonyl (C=O) groups is 1. The molecular weight excluding hydrogens is 210 g/mol. The molecule has 0 bridgehead atoms. The number of thioether (sulfide) groups is 1. The number of nitrogens with one attached hydrogen (secondary N) is 1. The molecule has 1 heterocycles. The summed E-state index contributed by atoms with van der Waals surface area (Å²) in [6.07, 6.45) is 2.92. The minimum atomic E-state index is -0.128. The van der Waals surface area contributed by atoms with E-state index in [-0.39, 0.29) is 11.9 Å². The van der Waals surface area contributed by atoms with Gasteiger partial charge in [0.15, 0.2) is 5.76 Å². The minimum absolute atomic E-state index is 0.128. The standard InChI is InChI=1S/C11H17NO2S/c1-4-8(2)12-11(13)10-6-5-9(14-10)7-15-3/h5-6,8H,4,7H2,1-3H3,(H,12,13). The molecule has 0 spiro atoms. The van der Waals surface area contributed by atoms with Gasteiger partial charge in [0.2, 0.25) is 0 Å². The summed E-state index contributed by atoms with van der Waals surface area (Å²) in [6.45, 7) is 4.01. The van der Waals surface area contributed by atoms with Crippen LogP contribution in [-0.4, -0.2) is 18.2 Å². The Morgan fingerprint density at radius 1 is 1.60 bits per heavy atom. The van der Waals surface area contributed by atoms with Crippen LogP contribution in [-0.2, 0) is 5.75 Å². The van der Waals surface area contributed by atoms with E-state index in [9.17, 15) is 4.79 Å². The first-order chi connectivity index (χ1) is 7.17. The van der Waals surface area contributed by atoms with Crippen molar-refractivity contribution in [2.24, 2.45) is 0 Å². The smallest absolute Gasteiger partial charge is 0.287 e. The molecule has 0 aromatic carbocycles. The summed E-state index contributed by atoms with van der Waals surface area (Å²) in [5.41, 5.74) is 0. The topological polar surface area (TPSA) is 42.2 Å². The zero-order valence-electron chi connectivity index (χ0n) is 9.37. The molecule has 3 nitrogen and oxygen atoms in total. The zero-order valence-corrected chi connectivity index (χ0v) is 10.2. The van der Waals surface area contributed by atoms with Gasteiger partial charge < -0.3 is 9.73 Å². The molecule has 1 aromatic heterocycles. The number of carbonyl (C=O) groups excluding carboxylic acids is 1. The summed E-state index contributed by atoms with van der Waals surface area (Å²) in [7, 11) is 0. The molecule has 1 atom stereocenters. The first kappa shape index (κ1) is 12.2. The summed E-state index contributed by atoms with van der Waals surface area (Å²) in [4.78, 5) is 11.6. The van der Waals surface area contributed by atoms with Crippen molar-refractivity contribution in [2.75, 3.05) is 6.26 Å². The average molecular weight is 227 g/mol. The van der Waals surface area contributed by atoms with E-state index in [1.54, 1.807) is 17.8 Å². The molecule has 0 fully saturated rings. The maximum Gasteiger partial charge on any atom is 0.287 e. The van der Waals surface area contributed by atoms with Gasteiger partial charge in [-0.25, -0.2) is 0 Å². The van der Waals surface area contributed by atoms with Crippen molar-refractivity contribution >= 4 is 17.7 Å². The van der Waals surface area contributed by atoms with Gasteiger partial charge in [0.05, 0.1) is 5.75 Å². The highest BCUT2D eigenvalue weighted by Crippen LogP contribution is 2.13. The van der Waals surface area contributed by atoms with Gasteiger partial charge in [0.25, 0.3) is 5.91 Å². The number of hydrogen-bond acceptors (Lipinski definition) is 3. The van der Waals surface area contributed by atoms with Gasteiger partial charge in [-0.2, -0.15) is 11.8 Å². The summed E-state index contributed by atoms with van der Waals surface area (Å²) in [5.74, 6) is 1.92. The second kappa shape index (κ2) is 5.85. The Balaban J connectivity index is 2.58. The van der Waals surface area contributed by atoms with Gasteiger partial charge in [-0.3, -0.25) is 4.79 Å². The minimum Gasteiger partial charge on any atom is -0.455 e. The second-order valence-electron chi connectivity index (χ2n) is 3.48. The Morgan fingerprint density at radius 2 is 2.33 bits per heavy atom. The molecule has 1 unspecified atom stereocenters. The predicted molar refractivity (Wildman–Crippen MR) is 63.1 cm³/mol. The zero-order chi connectivity index (χ0) is 11.3. The second-order valence-corrected chi connectivity index (χ2v) is 4.35. The molecule has 0 saturated carbocycles. The van der Waals surface area contributed by atoms with E-state index in [1.807, 2.05) is 26.2 Å². The highest BCUT2D eigenvalue weighted by atomic mass is 32.2. The lowest BCUT2D eigenvalue weighted by Gasteiger charge is -2.09. The summed E-state index contributed by atoms with van der Waals surface area (Å²) in [5, 5.41) is 2.86. The molecule has 1 aromatic rings. The first-order valence-electron chi connectivity index (χ1n) is 5.05. The van der Waals surface area contributed by atoms with Gasteiger partial charge >= 0.3 is 0 Å². The SMILES string of the molecule is CCC(C)NC(=O)c1ccc(CSC)o1. The molecule has 0 saturated heterocycles. The van der Waals surface area contributed by atoms with E-state index < -0.39 is 0 Å². The fraction of sp³-hybridized carbons (Fsp3) is 0.545. The fourth-order valence-corrected chi connectivity index (χ4v) is 1.56. The monoisotopic (exact) mass is 227 g/mol. The van der Waals surface area contributed by atoms with Gasteiger partial charge in [0, 0.05) is 6.04 Å². The van der Waals surface area contributed by atoms with Crippen molar-refractivity contribution in [1.82, 2.24) is 5.32 Å². The summed E-state index contributed by atoms with van der Waals surface area (Å²) in [6, 6.07) is 3.76. The molecule has 0 aliphatic carbocycles. The Hall–Kier alpha value is -0.900. The van der Waals surface area contributed by atoms with Gasteiger partial charge in [-0.05, 0) is 31.7 Å². The van der Waals surface area contributed by atoms with Crippen molar-refractivity contribution in [3.63, 3.8) is 0 Å². The van der Waals surface area contributed by atoms with Gasteiger partial charge in [-0.15, -0.1) is 0 Å². The highest BCUT2D eigenvalue weighted by Gasteiger charge is 2.12. The highest BCUT2D eigenvalue weighted by molar-refractivity contribution is 7.97. The van der Waals surface area contributed by atoms with E-state index >= 15 is 0 Å². The molecule has 0 aliphatic heterocycles. The van der Waals surface area contributed by atoms with Crippen molar-refractivity contribution in [3.8, 4) is 0 Å². The Morgan fingerprint density at radius 3 is 2.93 bits per heavy atom. The lowest BCUT2D eigenvalue weighted by molar-refractivity contribution is 0.0910. The first-order valence-corrected chi connectivity index (χ1v) is 6.45. The number of hydrogen-bond donors (Lipinski definition) is 1. The number of furan rings is 1. The summed E-state index contributed by atoms with van der Waals surface area (Å²) < 4.78 is 5.40. The molecular formula is C11H17NO2S. The van der Waals surface area contributed by atoms with Crippen LogP contribution < -0.4 is 5.32 Å². The Kier molecular flexibility index (Phi) is 4.75. The largest absolute Gasteiger partial charge is 0.455 e. The molecule has 1 rings (SSSR count). The van der Waals surface area contributed by atoms with E-state index in [4.69, 9.17) is 4.42 Å². The van der Waals surface area contributed by atoms with Crippen LogP contribution >= 0.6 is 11.8 Å². The number of amides is 1. The van der Waals surface area contributed by atoms with Crippen molar-refractivity contribution in [3.05, 3.63) is 23.7 Å². The predicted octanol–water partition coefficient (Wildman–Crippen LogP) is 2.67. The molecule has 4 heteroatoms. The van der Waals surface area contributed by atoms with E-state index in [0.29, 0.717) is 5.76 Å². The van der Waals surface area contributed by atoms with Crippen LogP contribution in [0.3, 0.4) is 0 Å². The Bertz CT molecular complexity index is 322. The van der Waals surface area contributed by atoms with Crippen LogP contribution in [0.25, 0.3) is 0 Å². The van der Waals surface area contributed by atoms with Crippen LogP contribution in [0.5, 0.6) is 0 Å². The maximum atomic E-state index is 11.6. The van der Waals surface area contributed by atoms with E-state index in [0.717, 1.165) is 17.9 Å². The number of rotatable bonds is 5. The molecule has 84 valence electrons. The molecule has 1 N–H and O–H groups in total. The molecule has 0 radical (unpaired) electrons. The van der Waals surface area contributed by atoms with Crippen molar-refractivity contribution in [1.29, 1.82) is 0 Å². The molecule has 15 heavy (non-hydrogen) atoms. The fourth-order valence-electron chi connectivity index (χ4n) is 1.12. The Labute approximate surface area is 94.6 Å². The van der Waals surface area contributed by atoms with E-state index in [1.165, 1.54) is 0 Å². The van der Waals surface area contributed by atoms with Crippen LogP contribution in [0.4, 0.5) is 0 Å². The van der Waals surface area contributed by atoms with Crippen molar-refractivity contribution in [2.45, 2.75) is 32.1 Å². The molecule has 1 amide bonds. The normalized spacial score (nSPS) is 12.5. The third-order valence-electron chi connectivity index (χ3n) is 2.16. The average Bonchev–Trinajstić information content (AvgIpc) is 2.67. The molecule has 0 aliphatic rings. The third-order valence-corrected chi connectivity index (χ3v) is 2.74. The van der Waals surface area contributed by atoms with Gasteiger partial charge in [-0.1, -0.05) is 6.92 Å². The summed E-state index contributed by atoms with van der Waals surface area (Å²) >= 11 is 1.67.